The lowest BCUT2D eigenvalue weighted by Gasteiger charge is -2.36. The lowest BCUT2D eigenvalue weighted by atomic mass is 9.89. The molecule has 1 atom stereocenters. The molecule has 0 aliphatic carbocycles. The lowest BCUT2D eigenvalue weighted by molar-refractivity contribution is -0.133. The van der Waals surface area contributed by atoms with E-state index in [-0.39, 0.29) is 29.5 Å². The van der Waals surface area contributed by atoms with Crippen LogP contribution in [0, 0.1) is 6.92 Å². The molecule has 1 N–H and O–H groups in total. The molecular formula is C41H47N5O4. The summed E-state index contributed by atoms with van der Waals surface area (Å²) in [4.78, 5) is 49.9. The van der Waals surface area contributed by atoms with Crippen LogP contribution in [0.15, 0.2) is 66.7 Å². The van der Waals surface area contributed by atoms with Crippen LogP contribution in [0.1, 0.15) is 74.8 Å². The summed E-state index contributed by atoms with van der Waals surface area (Å²) in [6, 6.07) is 20.9. The Labute approximate surface area is 294 Å². The maximum absolute atomic E-state index is 14.8. The molecular weight excluding hydrogens is 626 g/mol. The molecule has 0 unspecified atom stereocenters. The maximum atomic E-state index is 14.8. The van der Waals surface area contributed by atoms with Gasteiger partial charge in [-0.1, -0.05) is 30.7 Å². The number of phenols is 1. The highest BCUT2D eigenvalue weighted by Crippen LogP contribution is 2.36. The summed E-state index contributed by atoms with van der Waals surface area (Å²) in [6.45, 7) is 8.07. The second kappa shape index (κ2) is 13.8. The zero-order valence-corrected chi connectivity index (χ0v) is 29.6. The van der Waals surface area contributed by atoms with Gasteiger partial charge in [0, 0.05) is 68.0 Å². The predicted molar refractivity (Wildman–Crippen MR) is 195 cm³/mol. The average molecular weight is 674 g/mol. The van der Waals surface area contributed by atoms with Crippen LogP contribution in [0.2, 0.25) is 0 Å². The molecule has 1 aromatic heterocycles. The summed E-state index contributed by atoms with van der Waals surface area (Å²) in [5.41, 5.74) is 8.76. The fraction of sp³-hybridized carbons (Fsp3) is 0.390. The van der Waals surface area contributed by atoms with Gasteiger partial charge in [-0.25, -0.2) is 0 Å². The number of amides is 3. The molecule has 4 aromatic rings. The van der Waals surface area contributed by atoms with Crippen molar-refractivity contribution >= 4 is 23.4 Å². The minimum absolute atomic E-state index is 0.00940. The number of carbonyl (C=O) groups excluding carboxylic acids is 3. The molecule has 260 valence electrons. The van der Waals surface area contributed by atoms with Gasteiger partial charge in [-0.3, -0.25) is 19.3 Å². The largest absolute Gasteiger partial charge is 0.508 e. The Hall–Kier alpha value is -4.89. The van der Waals surface area contributed by atoms with Crippen molar-refractivity contribution in [2.75, 3.05) is 38.1 Å². The van der Waals surface area contributed by atoms with Crippen LogP contribution < -0.4 is 4.90 Å². The third-order valence-electron chi connectivity index (χ3n) is 11.1. The zero-order chi connectivity index (χ0) is 35.1. The van der Waals surface area contributed by atoms with Crippen LogP contribution in [-0.4, -0.2) is 81.4 Å². The molecule has 0 spiro atoms. The molecule has 3 aliphatic rings. The monoisotopic (exact) mass is 673 g/mol. The Morgan fingerprint density at radius 2 is 1.56 bits per heavy atom. The van der Waals surface area contributed by atoms with Gasteiger partial charge in [0.05, 0.1) is 12.1 Å². The lowest BCUT2D eigenvalue weighted by Crippen LogP contribution is -2.44. The van der Waals surface area contributed by atoms with E-state index in [1.54, 1.807) is 36.2 Å². The van der Waals surface area contributed by atoms with Crippen LogP contribution in [0.5, 0.6) is 5.75 Å². The number of phenolic OH excluding ortho intramolecular Hbond substituents is 1. The van der Waals surface area contributed by atoms with Crippen molar-refractivity contribution in [1.82, 2.24) is 19.3 Å². The number of aromatic hydroxyl groups is 1. The second-order valence-electron chi connectivity index (χ2n) is 14.3. The highest BCUT2D eigenvalue weighted by molar-refractivity contribution is 6.08. The topological polar surface area (TPSA) is 89.3 Å². The van der Waals surface area contributed by atoms with E-state index < -0.39 is 0 Å². The van der Waals surface area contributed by atoms with E-state index >= 15 is 0 Å². The quantitative estimate of drug-likeness (QED) is 0.274. The number of rotatable bonds is 6. The summed E-state index contributed by atoms with van der Waals surface area (Å²) < 4.78 is 2.00. The molecule has 1 fully saturated rings. The number of hydrogen-bond donors (Lipinski definition) is 1. The molecule has 3 aromatic carbocycles. The molecule has 0 radical (unpaired) electrons. The first kappa shape index (κ1) is 33.6. The fourth-order valence-corrected chi connectivity index (χ4v) is 7.87. The van der Waals surface area contributed by atoms with E-state index in [9.17, 15) is 19.5 Å². The molecule has 9 nitrogen and oxygen atoms in total. The number of likely N-dealkylation sites (tertiary alicyclic amines) is 1. The van der Waals surface area contributed by atoms with E-state index in [4.69, 9.17) is 0 Å². The number of carbonyl (C=O) groups is 3. The van der Waals surface area contributed by atoms with Gasteiger partial charge in [-0.2, -0.15) is 0 Å². The van der Waals surface area contributed by atoms with Crippen molar-refractivity contribution in [2.45, 2.75) is 65.1 Å². The molecule has 3 amide bonds. The number of aromatic nitrogens is 1. The first-order chi connectivity index (χ1) is 24.1. The van der Waals surface area contributed by atoms with Gasteiger partial charge in [0.1, 0.15) is 5.75 Å². The third kappa shape index (κ3) is 6.42. The Morgan fingerprint density at radius 3 is 2.30 bits per heavy atom. The standard InChI is InChI=1S/C41H47N5O4/c1-27-20-29-10-6-7-11-31(29)25-46(27)41(50)37-22-32-24-45(39(48)26-44-17-8-5-9-18-44)19-16-30(32)21-36(37)38-23-35(28(2)42(38)3)40(49)43(4)33-12-14-34(47)15-13-33/h6-7,10-15,21-23,27,47H,5,8-9,16-20,24-26H2,1-4H3/t27-/m1/s1. The van der Waals surface area contributed by atoms with Crippen LogP contribution >= 0.6 is 0 Å². The third-order valence-corrected chi connectivity index (χ3v) is 11.1. The number of piperidine rings is 1. The zero-order valence-electron chi connectivity index (χ0n) is 29.6. The Bertz CT molecular complexity index is 1940. The maximum Gasteiger partial charge on any atom is 0.259 e. The van der Waals surface area contributed by atoms with Crippen molar-refractivity contribution in [3.8, 4) is 17.0 Å². The average Bonchev–Trinajstić information content (AvgIpc) is 3.43. The van der Waals surface area contributed by atoms with Gasteiger partial charge in [0.2, 0.25) is 5.91 Å². The number of fused-ring (bicyclic) bond motifs is 2. The summed E-state index contributed by atoms with van der Waals surface area (Å²) in [5.74, 6) is 0.0626. The van der Waals surface area contributed by atoms with Crippen molar-refractivity contribution < 1.29 is 19.5 Å². The summed E-state index contributed by atoms with van der Waals surface area (Å²) in [6.07, 6.45) is 5.00. The minimum Gasteiger partial charge on any atom is -0.508 e. The highest BCUT2D eigenvalue weighted by Gasteiger charge is 2.32. The van der Waals surface area contributed by atoms with Gasteiger partial charge >= 0.3 is 0 Å². The first-order valence-electron chi connectivity index (χ1n) is 17.9. The van der Waals surface area contributed by atoms with Gasteiger partial charge in [-0.05, 0) is 117 Å². The van der Waals surface area contributed by atoms with Gasteiger partial charge in [-0.15, -0.1) is 0 Å². The molecule has 0 bridgehead atoms. The summed E-state index contributed by atoms with van der Waals surface area (Å²) in [5, 5.41) is 9.77. The first-order valence-corrected chi connectivity index (χ1v) is 17.9. The van der Waals surface area contributed by atoms with Gasteiger partial charge in [0.15, 0.2) is 0 Å². The van der Waals surface area contributed by atoms with Crippen LogP contribution in [0.4, 0.5) is 5.69 Å². The Morgan fingerprint density at radius 1 is 0.840 bits per heavy atom. The molecule has 9 heteroatoms. The van der Waals surface area contributed by atoms with Gasteiger partial charge in [0.25, 0.3) is 11.8 Å². The molecule has 1 saturated heterocycles. The van der Waals surface area contributed by atoms with E-state index in [0.717, 1.165) is 66.0 Å². The SMILES string of the molecule is Cc1c(C(=O)N(C)c2ccc(O)cc2)cc(-c2cc3c(cc2C(=O)N2Cc4ccccc4C[C@H]2C)CN(C(=O)CN2CCCCC2)CC3)n1C. The summed E-state index contributed by atoms with van der Waals surface area (Å²) >= 11 is 0. The molecule has 0 saturated carbocycles. The van der Waals surface area contributed by atoms with Crippen molar-refractivity contribution in [3.05, 3.63) is 106 Å². The Balaban J connectivity index is 1.26. The van der Waals surface area contributed by atoms with Gasteiger partial charge < -0.3 is 24.4 Å². The second-order valence-corrected chi connectivity index (χ2v) is 14.3. The normalized spacial score (nSPS) is 17.6. The number of nitrogens with zero attached hydrogens (tertiary/aromatic N) is 5. The van der Waals surface area contributed by atoms with Crippen LogP contribution in [0.25, 0.3) is 11.3 Å². The predicted octanol–water partition coefficient (Wildman–Crippen LogP) is 5.94. The van der Waals surface area contributed by atoms with E-state index in [1.807, 2.05) is 46.5 Å². The number of hydrogen-bond acceptors (Lipinski definition) is 5. The van der Waals surface area contributed by atoms with Crippen molar-refractivity contribution in [3.63, 3.8) is 0 Å². The number of benzene rings is 3. The smallest absolute Gasteiger partial charge is 0.259 e. The van der Waals surface area contributed by atoms with Crippen molar-refractivity contribution in [1.29, 1.82) is 0 Å². The van der Waals surface area contributed by atoms with E-state index in [0.29, 0.717) is 49.4 Å². The van der Waals surface area contributed by atoms with Crippen LogP contribution in [-0.2, 0) is 37.8 Å². The van der Waals surface area contributed by atoms with E-state index in [2.05, 4.69) is 36.1 Å². The van der Waals surface area contributed by atoms with E-state index in [1.165, 1.54) is 12.0 Å². The van der Waals surface area contributed by atoms with Crippen molar-refractivity contribution in [2.24, 2.45) is 7.05 Å². The molecule has 7 rings (SSSR count). The molecule has 4 heterocycles. The van der Waals surface area contributed by atoms with Crippen LogP contribution in [0.3, 0.4) is 0 Å². The Kier molecular flexibility index (Phi) is 9.26. The minimum atomic E-state index is -0.176. The highest BCUT2D eigenvalue weighted by atomic mass is 16.3. The molecule has 50 heavy (non-hydrogen) atoms. The number of anilines is 1. The fourth-order valence-electron chi connectivity index (χ4n) is 7.87. The molecule has 3 aliphatic heterocycles. The summed E-state index contributed by atoms with van der Waals surface area (Å²) in [7, 11) is 3.67.